The number of rotatable bonds is 17. The van der Waals surface area contributed by atoms with Gasteiger partial charge in [-0.25, -0.2) is 9.59 Å². The summed E-state index contributed by atoms with van der Waals surface area (Å²) in [6.45, 7) is 1.08. The monoisotopic (exact) mass is 902 g/mol. The maximum atomic E-state index is 15.5. The van der Waals surface area contributed by atoms with Crippen LogP contribution in [0, 0.1) is 25.2 Å². The Morgan fingerprint density at radius 2 is 1.42 bits per heavy atom. The predicted octanol–water partition coefficient (Wildman–Crippen LogP) is 3.49. The fourth-order valence-electron chi connectivity index (χ4n) is 7.87. The predicted molar refractivity (Wildman–Crippen MR) is 228 cm³/mol. The van der Waals surface area contributed by atoms with Crippen molar-refractivity contribution in [2.45, 2.75) is 74.8 Å². The molecule has 64 heavy (non-hydrogen) atoms. The van der Waals surface area contributed by atoms with E-state index in [0.717, 1.165) is 9.13 Å². The normalized spacial score (nSPS) is 23.3. The van der Waals surface area contributed by atoms with E-state index < -0.39 is 98.0 Å². The molecule has 5 aromatic rings. The number of nitriles is 1. The van der Waals surface area contributed by atoms with Crippen LogP contribution in [0.4, 0.5) is 0 Å². The summed E-state index contributed by atoms with van der Waals surface area (Å²) in [6.07, 6.45) is -5.61. The highest BCUT2D eigenvalue weighted by atomic mass is 31.2. The molecule has 2 aliphatic heterocycles. The van der Waals surface area contributed by atoms with Crippen molar-refractivity contribution >= 4 is 7.60 Å². The van der Waals surface area contributed by atoms with Crippen LogP contribution in [0.1, 0.15) is 59.5 Å². The van der Waals surface area contributed by atoms with Crippen LogP contribution in [0.3, 0.4) is 0 Å². The maximum Gasteiger partial charge on any atom is 0.365 e. The Bertz CT molecular complexity index is 2780. The van der Waals surface area contributed by atoms with E-state index in [9.17, 15) is 34.7 Å². The van der Waals surface area contributed by atoms with E-state index in [1.54, 1.807) is 48.5 Å². The molecule has 1 unspecified atom stereocenters. The molecule has 0 amide bonds. The summed E-state index contributed by atoms with van der Waals surface area (Å²) in [6, 6.07) is 25.3. The number of aryl methyl sites for hydroxylation is 2. The highest BCUT2D eigenvalue weighted by molar-refractivity contribution is 7.55. The molecule has 338 valence electrons. The Morgan fingerprint density at radius 1 is 0.844 bits per heavy atom. The summed E-state index contributed by atoms with van der Waals surface area (Å²) >= 11 is 0. The SMILES string of the molecule is [2H]n1c(=O)c(C)cn([C@H]2C[C@H](O)[C@@H](COP(=O)(OCCC#N)[C@]3(O)C[C@H](n4cc(C)c(=O)[nH]c4=O)O[C@@H]3COC(c3ccccc3)(c3ccc(OC)cc3)c3ccc(OC)cc3)O2)c1=O. The fourth-order valence-corrected chi connectivity index (χ4v) is 9.94. The number of H-pyrrole nitrogens is 2. The van der Waals surface area contributed by atoms with E-state index in [4.69, 9.17) is 34.1 Å². The number of hydrogen-bond acceptors (Lipinski definition) is 15. The summed E-state index contributed by atoms with van der Waals surface area (Å²) in [7, 11) is -1.97. The topological polar surface area (TPSA) is 256 Å². The highest BCUT2D eigenvalue weighted by Gasteiger charge is 2.63. The molecule has 0 spiro atoms. The standard InChI is InChI=1S/C44H48N5O14P/c1-27-23-48(41(53)46-39(27)51)37-21-34(50)35(62-37)25-61-64(56,60-20-8-19-45)43(55)22-38(49-24-28(2)40(52)47-42(49)54)63-36(43)26-59-44(29-9-6-5-7-10-29,30-11-15-32(57-3)16-12-30)31-13-17-33(58-4)18-14-31/h5-7,9-18,23-24,34-38,50,55H,8,20-22,25-26H2,1-4H3,(H,46,51,53)(H,47,52,54)/t34-,35+,36+,37+,38+,43+,64?/m0/s1/i/hD. The van der Waals surface area contributed by atoms with Crippen molar-refractivity contribution in [3.05, 3.63) is 161 Å². The third kappa shape index (κ3) is 8.92. The molecule has 7 rings (SSSR count). The number of ether oxygens (including phenoxy) is 5. The lowest BCUT2D eigenvalue weighted by Crippen LogP contribution is -2.45. The van der Waals surface area contributed by atoms with Crippen LogP contribution in [0.5, 0.6) is 11.5 Å². The molecule has 2 saturated heterocycles. The van der Waals surface area contributed by atoms with Gasteiger partial charge in [0.1, 0.15) is 41.8 Å². The van der Waals surface area contributed by atoms with Gasteiger partial charge in [-0.15, -0.1) is 0 Å². The average Bonchev–Trinajstić information content (AvgIpc) is 3.87. The Balaban J connectivity index is 1.31. The third-order valence-corrected chi connectivity index (χ3v) is 13.8. The lowest BCUT2D eigenvalue weighted by Gasteiger charge is -2.39. The van der Waals surface area contributed by atoms with Crippen molar-refractivity contribution in [1.82, 2.24) is 19.1 Å². The van der Waals surface area contributed by atoms with Crippen LogP contribution in [-0.2, 0) is 33.4 Å². The lowest BCUT2D eigenvalue weighted by molar-refractivity contribution is -0.108. The van der Waals surface area contributed by atoms with Gasteiger partial charge in [0.05, 0.1) is 52.6 Å². The molecule has 19 nitrogen and oxygen atoms in total. The Labute approximate surface area is 367 Å². The number of methoxy groups -OCH3 is 2. The molecule has 2 fully saturated rings. The number of hydrogen-bond donors (Lipinski definition) is 4. The van der Waals surface area contributed by atoms with Crippen LogP contribution >= 0.6 is 7.60 Å². The average molecular weight is 903 g/mol. The van der Waals surface area contributed by atoms with Crippen molar-refractivity contribution in [1.29, 1.82) is 5.26 Å². The maximum absolute atomic E-state index is 15.5. The molecule has 20 heteroatoms. The summed E-state index contributed by atoms with van der Waals surface area (Å²) in [5, 5.41) is 30.9. The fraction of sp³-hybridized carbons (Fsp3) is 0.386. The van der Waals surface area contributed by atoms with E-state index in [0.29, 0.717) is 28.2 Å². The van der Waals surface area contributed by atoms with Crippen molar-refractivity contribution < 1.29 is 48.9 Å². The third-order valence-electron chi connectivity index (χ3n) is 11.4. The first-order valence-corrected chi connectivity index (χ1v) is 21.8. The Morgan fingerprint density at radius 3 is 2.02 bits per heavy atom. The number of nitrogens with zero attached hydrogens (tertiary/aromatic N) is 3. The molecule has 4 heterocycles. The van der Waals surface area contributed by atoms with Gasteiger partial charge in [0.15, 0.2) is 6.75 Å². The van der Waals surface area contributed by atoms with Gasteiger partial charge in [-0.2, -0.15) is 5.26 Å². The molecule has 0 aliphatic carbocycles. The van der Waals surface area contributed by atoms with E-state index in [1.807, 2.05) is 36.4 Å². The van der Waals surface area contributed by atoms with Gasteiger partial charge in [0.2, 0.25) is 0 Å². The summed E-state index contributed by atoms with van der Waals surface area (Å²) < 4.78 is 67.7. The van der Waals surface area contributed by atoms with Gasteiger partial charge >= 0.3 is 19.0 Å². The molecule has 4 N–H and O–H groups in total. The minimum Gasteiger partial charge on any atom is -0.497 e. The van der Waals surface area contributed by atoms with Crippen molar-refractivity contribution in [2.24, 2.45) is 0 Å². The van der Waals surface area contributed by atoms with E-state index >= 15 is 4.57 Å². The second-order valence-electron chi connectivity index (χ2n) is 15.3. The molecule has 2 aromatic heterocycles. The molecule has 3 aromatic carbocycles. The Hall–Kier alpha value is -5.94. The van der Waals surface area contributed by atoms with Crippen molar-refractivity contribution in [3.8, 4) is 17.6 Å². The number of aliphatic hydroxyl groups excluding tert-OH is 1. The van der Waals surface area contributed by atoms with Gasteiger partial charge < -0.3 is 42.9 Å². The minimum absolute atomic E-state index is 0.0612. The number of aromatic amines is 2. The second-order valence-corrected chi connectivity index (χ2v) is 17.6. The number of nitrogens with one attached hydrogen (secondary N) is 2. The zero-order valence-corrected chi connectivity index (χ0v) is 36.2. The van der Waals surface area contributed by atoms with Crippen molar-refractivity contribution in [3.63, 3.8) is 0 Å². The van der Waals surface area contributed by atoms with E-state index in [1.165, 1.54) is 40.5 Å². The highest BCUT2D eigenvalue weighted by Crippen LogP contribution is 2.66. The quantitative estimate of drug-likeness (QED) is 0.0592. The summed E-state index contributed by atoms with van der Waals surface area (Å²) in [4.78, 5) is 53.2. The van der Waals surface area contributed by atoms with E-state index in [-0.39, 0.29) is 28.9 Å². The number of aliphatic hydroxyl groups is 2. The van der Waals surface area contributed by atoms with Gasteiger partial charge in [-0.05, 0) is 54.8 Å². The molecule has 0 saturated carbocycles. The van der Waals surface area contributed by atoms with Gasteiger partial charge in [-0.3, -0.25) is 33.2 Å². The molecular weight excluding hydrogens is 853 g/mol. The van der Waals surface area contributed by atoms with E-state index in [2.05, 4.69) is 4.98 Å². The molecule has 7 atom stereocenters. The van der Waals surface area contributed by atoms with Crippen LogP contribution in [0.15, 0.2) is 110 Å². The summed E-state index contributed by atoms with van der Waals surface area (Å²) in [5.74, 6) is 1.11. The van der Waals surface area contributed by atoms with Gasteiger partial charge in [0, 0.05) is 36.4 Å². The molecule has 2 aliphatic rings. The van der Waals surface area contributed by atoms with Crippen LogP contribution in [-0.4, -0.2) is 87.0 Å². The van der Waals surface area contributed by atoms with Gasteiger partial charge in [0.25, 0.3) is 11.1 Å². The molecular formula is C44H48N5O14P. The first-order valence-electron chi connectivity index (χ1n) is 20.7. The smallest absolute Gasteiger partial charge is 0.365 e. The first-order chi connectivity index (χ1) is 31.1. The number of aromatic nitrogens is 4. The zero-order chi connectivity index (χ0) is 46.7. The van der Waals surface area contributed by atoms with Crippen LogP contribution < -0.4 is 32.0 Å². The zero-order valence-electron chi connectivity index (χ0n) is 36.3. The lowest BCUT2D eigenvalue weighted by atomic mass is 9.80. The minimum atomic E-state index is -5.04. The first kappa shape index (κ1) is 44.7. The van der Waals surface area contributed by atoms with Crippen LogP contribution in [0.25, 0.3) is 0 Å². The molecule has 0 bridgehead atoms. The largest absolute Gasteiger partial charge is 0.497 e. The second kappa shape index (κ2) is 19.0. The van der Waals surface area contributed by atoms with Gasteiger partial charge in [-0.1, -0.05) is 54.6 Å². The summed E-state index contributed by atoms with van der Waals surface area (Å²) in [5.41, 5.74) is -2.90. The Kier molecular flexibility index (Phi) is 13.3. The van der Waals surface area contributed by atoms with Crippen molar-refractivity contribution in [2.75, 3.05) is 34.0 Å². The number of benzene rings is 3. The molecule has 0 radical (unpaired) electrons. The van der Waals surface area contributed by atoms with Crippen LogP contribution in [0.2, 0.25) is 1.41 Å².